The SMILES string of the molecule is CC(=O)NC(C)CCCCN.CC(C=O)NC(=O)CNC=O.CNC(CCCCN)C(N)=O.CS.[CH3-].[Cs+]. The molecule has 216 valence electrons. The van der Waals surface area contributed by atoms with E-state index in [0.717, 1.165) is 45.1 Å². The predicted octanol–water partition coefficient (Wildman–Crippen LogP) is -3.74. The molecule has 4 amide bonds. The van der Waals surface area contributed by atoms with E-state index >= 15 is 0 Å². The van der Waals surface area contributed by atoms with E-state index < -0.39 is 6.04 Å². The van der Waals surface area contributed by atoms with Crippen molar-refractivity contribution in [3.63, 3.8) is 0 Å². The number of thiol groups is 1. The minimum Gasteiger partial charge on any atom is -0.368 e. The molecule has 0 rings (SSSR count). The van der Waals surface area contributed by atoms with Gasteiger partial charge in [0, 0.05) is 13.0 Å². The zero-order valence-electron chi connectivity index (χ0n) is 24.0. The molecule has 0 radical (unpaired) electrons. The minimum atomic E-state index is -0.504. The first kappa shape index (κ1) is 49.7. The summed E-state index contributed by atoms with van der Waals surface area (Å²) in [6.45, 7) is 6.42. The summed E-state index contributed by atoms with van der Waals surface area (Å²) in [6.07, 6.45) is 8.57. The second-order valence-corrected chi connectivity index (χ2v) is 7.41. The first-order valence-corrected chi connectivity index (χ1v) is 12.5. The molecule has 0 aromatic rings. The Morgan fingerprint density at radius 3 is 1.76 bits per heavy atom. The first-order valence-electron chi connectivity index (χ1n) is 11.6. The minimum absolute atomic E-state index is 0. The summed E-state index contributed by atoms with van der Waals surface area (Å²) < 4.78 is 0. The number of hydrogen-bond acceptors (Lipinski definition) is 9. The van der Waals surface area contributed by atoms with E-state index in [-0.39, 0.29) is 107 Å². The van der Waals surface area contributed by atoms with Crippen LogP contribution in [0.25, 0.3) is 0 Å². The van der Waals surface area contributed by atoms with Crippen LogP contribution < -0.4 is 107 Å². The van der Waals surface area contributed by atoms with Crippen LogP contribution in [0, 0.1) is 7.43 Å². The maximum Gasteiger partial charge on any atom is 1.00 e. The molecule has 0 aromatic heterocycles. The van der Waals surface area contributed by atoms with Crippen LogP contribution in [0.3, 0.4) is 0 Å². The maximum absolute atomic E-state index is 10.7. The molecule has 0 aromatic carbocycles. The largest absolute Gasteiger partial charge is 1.00 e. The fraction of sp³-hybridized carbons (Fsp3) is 0.739. The molecular weight excluding hydrogens is 619 g/mol. The molecule has 0 heterocycles. The van der Waals surface area contributed by atoms with Crippen molar-refractivity contribution < 1.29 is 92.9 Å². The Morgan fingerprint density at radius 2 is 1.41 bits per heavy atom. The summed E-state index contributed by atoms with van der Waals surface area (Å²) in [7, 11) is 1.73. The van der Waals surface area contributed by atoms with Gasteiger partial charge in [-0.1, -0.05) is 12.8 Å². The van der Waals surface area contributed by atoms with Gasteiger partial charge >= 0.3 is 68.9 Å². The number of primary amides is 1. The molecule has 3 atom stereocenters. The van der Waals surface area contributed by atoms with Gasteiger partial charge in [-0.2, -0.15) is 12.6 Å². The standard InChI is InChI=1S/C8H18N2O.C7H17N3O.C6H10N2O3.CH4S.CH3.Cs/c1-7(10-8(2)11)5-3-4-6-9;1-10-6(7(9)11)4-2-3-5-8;1-5(3-9)8-6(11)2-7-4-10;1-2;;/h7H,3-6,9H2,1-2H3,(H,10,11);6,10H,2-5,8H2,1H3,(H2,9,11);3-5H,2H2,1H3,(H,7,10)(H,8,11);2H,1H3;1H3;/q;;;;-1;+1. The molecule has 0 bridgehead atoms. The van der Waals surface area contributed by atoms with Gasteiger partial charge in [-0.15, -0.1) is 0 Å². The normalized spacial score (nSPS) is 11.1. The average molecular weight is 672 g/mol. The number of amides is 4. The second kappa shape index (κ2) is 40.3. The molecule has 0 spiro atoms. The van der Waals surface area contributed by atoms with Crippen molar-refractivity contribution in [2.24, 2.45) is 17.2 Å². The Balaban J connectivity index is -0.0000000916. The van der Waals surface area contributed by atoms with Crippen molar-refractivity contribution in [1.82, 2.24) is 21.3 Å². The molecule has 10 N–H and O–H groups in total. The average Bonchev–Trinajstić information content (AvgIpc) is 2.82. The fourth-order valence-corrected chi connectivity index (χ4v) is 2.41. The van der Waals surface area contributed by atoms with Gasteiger partial charge in [0.05, 0.1) is 18.6 Å². The molecule has 0 fully saturated rings. The monoisotopic (exact) mass is 671 g/mol. The zero-order valence-corrected chi connectivity index (χ0v) is 31.1. The molecule has 0 saturated heterocycles. The van der Waals surface area contributed by atoms with Crippen LogP contribution in [0.4, 0.5) is 0 Å². The van der Waals surface area contributed by atoms with E-state index in [1.54, 1.807) is 27.2 Å². The van der Waals surface area contributed by atoms with Crippen molar-refractivity contribution in [2.45, 2.75) is 77.4 Å². The Hall–Kier alpha value is -0.168. The van der Waals surface area contributed by atoms with E-state index in [1.165, 1.54) is 0 Å². The molecule has 3 unspecified atom stereocenters. The van der Waals surface area contributed by atoms with Crippen LogP contribution in [0.1, 0.15) is 59.3 Å². The van der Waals surface area contributed by atoms with Crippen LogP contribution in [0.5, 0.6) is 0 Å². The molecule has 0 aliphatic heterocycles. The van der Waals surface area contributed by atoms with Gasteiger partial charge in [0.1, 0.15) is 6.29 Å². The van der Waals surface area contributed by atoms with Gasteiger partial charge in [0.15, 0.2) is 0 Å². The number of aldehydes is 1. The van der Waals surface area contributed by atoms with Gasteiger partial charge in [-0.25, -0.2) is 0 Å². The third-order valence-electron chi connectivity index (χ3n) is 4.12. The summed E-state index contributed by atoms with van der Waals surface area (Å²) in [6, 6.07) is -0.406. The Kier molecular flexibility index (Phi) is 54.2. The third kappa shape index (κ3) is 46.1. The summed E-state index contributed by atoms with van der Waals surface area (Å²) in [5.74, 6) is -0.619. The summed E-state index contributed by atoms with van der Waals surface area (Å²) in [4.78, 5) is 51.6. The van der Waals surface area contributed by atoms with Crippen LogP contribution in [-0.4, -0.2) is 81.5 Å². The molecule has 37 heavy (non-hydrogen) atoms. The molecule has 12 nitrogen and oxygen atoms in total. The van der Waals surface area contributed by atoms with Gasteiger partial charge in [-0.3, -0.25) is 19.2 Å². The third-order valence-corrected chi connectivity index (χ3v) is 4.12. The van der Waals surface area contributed by atoms with Gasteiger partial charge in [-0.05, 0) is 65.9 Å². The number of nitrogens with two attached hydrogens (primary N) is 3. The maximum atomic E-state index is 10.7. The van der Waals surface area contributed by atoms with E-state index in [2.05, 4.69) is 33.9 Å². The zero-order chi connectivity index (χ0) is 28.1. The van der Waals surface area contributed by atoms with Crippen molar-refractivity contribution in [2.75, 3.05) is 32.9 Å². The predicted molar refractivity (Wildman–Crippen MR) is 150 cm³/mol. The molecule has 0 aliphatic rings. The van der Waals surface area contributed by atoms with E-state index in [0.29, 0.717) is 25.3 Å². The van der Waals surface area contributed by atoms with Crippen molar-refractivity contribution in [3.05, 3.63) is 7.43 Å². The number of carbonyl (C=O) groups excluding carboxylic acids is 5. The van der Waals surface area contributed by atoms with E-state index in [9.17, 15) is 24.0 Å². The Bertz CT molecular complexity index is 550. The molecule has 0 aliphatic carbocycles. The quantitative estimate of drug-likeness (QED) is 0.0353. The second-order valence-electron chi connectivity index (χ2n) is 7.41. The van der Waals surface area contributed by atoms with Crippen molar-refractivity contribution >= 4 is 43.0 Å². The van der Waals surface area contributed by atoms with Gasteiger partial charge in [0.25, 0.3) is 0 Å². The van der Waals surface area contributed by atoms with Crippen LogP contribution >= 0.6 is 12.6 Å². The number of nitrogens with one attached hydrogen (secondary N) is 4. The first-order chi connectivity index (χ1) is 16.6. The Labute approximate surface area is 288 Å². The number of rotatable bonds is 16. The van der Waals surface area contributed by atoms with Crippen LogP contribution in [0.2, 0.25) is 0 Å². The van der Waals surface area contributed by atoms with Crippen LogP contribution in [-0.2, 0) is 24.0 Å². The Morgan fingerprint density at radius 1 is 0.919 bits per heavy atom. The smallest absolute Gasteiger partial charge is 0.368 e. The van der Waals surface area contributed by atoms with Crippen molar-refractivity contribution in [3.8, 4) is 0 Å². The topological polar surface area (TPSA) is 212 Å². The van der Waals surface area contributed by atoms with E-state index in [4.69, 9.17) is 17.2 Å². The summed E-state index contributed by atoms with van der Waals surface area (Å²) >= 11 is 3.53. The summed E-state index contributed by atoms with van der Waals surface area (Å²) in [5.41, 5.74) is 15.7. The number of likely N-dealkylation sites (N-methyl/N-ethyl adjacent to an activating group) is 1. The molecular formula is C23H52CsN7O5S. The summed E-state index contributed by atoms with van der Waals surface area (Å²) in [5, 5.41) is 10.2. The molecule has 0 saturated carbocycles. The van der Waals surface area contributed by atoms with Crippen molar-refractivity contribution in [1.29, 1.82) is 0 Å². The van der Waals surface area contributed by atoms with E-state index in [1.807, 2.05) is 6.92 Å². The number of unbranched alkanes of at least 4 members (excludes halogenated alkanes) is 2. The van der Waals surface area contributed by atoms with Gasteiger partial charge < -0.3 is 50.7 Å². The number of hydrogen-bond donors (Lipinski definition) is 8. The van der Waals surface area contributed by atoms with Crippen LogP contribution in [0.15, 0.2) is 0 Å². The fourth-order valence-electron chi connectivity index (χ4n) is 2.41. The van der Waals surface area contributed by atoms with Gasteiger partial charge in [0.2, 0.25) is 24.1 Å². The molecule has 14 heteroatoms. The number of carbonyl (C=O) groups is 5.